The maximum atomic E-state index is 11.4. The Morgan fingerprint density at radius 3 is 2.67 bits per heavy atom. The van der Waals surface area contributed by atoms with Gasteiger partial charge in [0.1, 0.15) is 17.9 Å². The van der Waals surface area contributed by atoms with Crippen LogP contribution in [-0.2, 0) is 29.2 Å². The molecular weight excluding hydrogens is 420 g/mol. The number of hydrogen-bond acceptors (Lipinski definition) is 5. The van der Waals surface area contributed by atoms with Crippen molar-refractivity contribution in [2.45, 2.75) is 26.5 Å². The van der Waals surface area contributed by atoms with Gasteiger partial charge in [-0.25, -0.2) is 0 Å². The van der Waals surface area contributed by atoms with E-state index in [2.05, 4.69) is 5.32 Å². The molecule has 0 aliphatic rings. The van der Waals surface area contributed by atoms with Gasteiger partial charge in [0, 0.05) is 41.7 Å². The van der Waals surface area contributed by atoms with Crippen LogP contribution in [-0.4, -0.2) is 17.0 Å². The second-order valence-electron chi connectivity index (χ2n) is 7.75. The number of hydrogen-bond donors (Lipinski definition) is 3. The molecule has 0 saturated heterocycles. The first-order valence-electron chi connectivity index (χ1n) is 10.5. The summed E-state index contributed by atoms with van der Waals surface area (Å²) in [5.74, 6) is -0.779. The predicted molar refractivity (Wildman–Crippen MR) is 126 cm³/mol. The van der Waals surface area contributed by atoms with Gasteiger partial charge < -0.3 is 25.3 Å². The van der Waals surface area contributed by atoms with E-state index in [-0.39, 0.29) is 18.9 Å². The molecule has 4 rings (SSSR count). The number of fused-ring (bicyclic) bond motifs is 1. The van der Waals surface area contributed by atoms with Gasteiger partial charge in [0.15, 0.2) is 0 Å². The molecule has 1 heterocycles. The van der Waals surface area contributed by atoms with Crippen molar-refractivity contribution in [3.63, 3.8) is 0 Å². The quantitative estimate of drug-likeness (QED) is 0.362. The van der Waals surface area contributed by atoms with Gasteiger partial charge in [-0.15, -0.1) is 0 Å². The number of amides is 1. The molecule has 0 fully saturated rings. The van der Waals surface area contributed by atoms with Crippen molar-refractivity contribution in [3.8, 4) is 16.9 Å². The highest BCUT2D eigenvalue weighted by atomic mass is 16.5. The molecule has 0 atom stereocenters. The van der Waals surface area contributed by atoms with E-state index in [1.165, 1.54) is 6.92 Å². The van der Waals surface area contributed by atoms with Crippen LogP contribution < -0.4 is 15.8 Å². The number of rotatable bonds is 8. The minimum absolute atomic E-state index is 0.187. The lowest BCUT2D eigenvalue weighted by atomic mass is 9.99. The fourth-order valence-electron chi connectivity index (χ4n) is 3.75. The van der Waals surface area contributed by atoms with Gasteiger partial charge in [0.2, 0.25) is 5.91 Å². The number of carbonyl (C=O) groups is 2. The number of aliphatic carboxylic acids is 1. The Labute approximate surface area is 190 Å². The third-order valence-electron chi connectivity index (χ3n) is 5.21. The number of carbonyl (C=O) groups excluding carboxylic acids is 1. The van der Waals surface area contributed by atoms with Crippen molar-refractivity contribution in [1.29, 1.82) is 0 Å². The van der Waals surface area contributed by atoms with Crippen LogP contribution in [0.1, 0.15) is 23.6 Å². The molecule has 0 aliphatic carbocycles. The van der Waals surface area contributed by atoms with Gasteiger partial charge >= 0.3 is 5.97 Å². The molecular formula is C26H24N2O5. The second-order valence-corrected chi connectivity index (χ2v) is 7.75. The Balaban J connectivity index is 1.67. The van der Waals surface area contributed by atoms with E-state index in [9.17, 15) is 14.7 Å². The summed E-state index contributed by atoms with van der Waals surface area (Å²) in [6.45, 7) is 2.06. The number of anilines is 1. The number of benzene rings is 3. The number of carboxylic acid groups (broad SMARTS) is 1. The molecule has 3 aromatic carbocycles. The van der Waals surface area contributed by atoms with E-state index in [1.807, 2.05) is 42.5 Å². The van der Waals surface area contributed by atoms with Gasteiger partial charge in [0.05, 0.1) is 12.7 Å². The third kappa shape index (κ3) is 5.22. The molecule has 0 aliphatic heterocycles. The zero-order chi connectivity index (χ0) is 23.4. The monoisotopic (exact) mass is 444 g/mol. The Kier molecular flexibility index (Phi) is 6.42. The zero-order valence-corrected chi connectivity index (χ0v) is 18.1. The summed E-state index contributed by atoms with van der Waals surface area (Å²) in [5, 5.41) is 12.9. The molecule has 0 radical (unpaired) electrons. The first-order valence-corrected chi connectivity index (χ1v) is 10.5. The van der Waals surface area contributed by atoms with E-state index in [0.29, 0.717) is 23.5 Å². The van der Waals surface area contributed by atoms with Crippen molar-refractivity contribution in [2.75, 3.05) is 5.32 Å². The maximum absolute atomic E-state index is 11.4. The number of carboxylic acids is 1. The van der Waals surface area contributed by atoms with Gasteiger partial charge in [0.25, 0.3) is 0 Å². The number of furan rings is 1. The lowest BCUT2D eigenvalue weighted by molar-refractivity contribution is -0.136. The first-order chi connectivity index (χ1) is 15.9. The standard InChI is InChI=1S/C26H24N2O5/c1-16(29)28-22-6-5-20(12-25(30)31)24(13-22)33-15-18-10-21-7-8-32-26(21)23(11-18)19-4-2-3-17(9-19)14-27/h2-11,13H,12,14-15,27H2,1H3,(H,28,29)(H,30,31). The van der Waals surface area contributed by atoms with Crippen molar-refractivity contribution in [2.24, 2.45) is 5.73 Å². The van der Waals surface area contributed by atoms with Gasteiger partial charge in [-0.05, 0) is 47.0 Å². The van der Waals surface area contributed by atoms with Crippen LogP contribution >= 0.6 is 0 Å². The molecule has 4 N–H and O–H groups in total. The van der Waals surface area contributed by atoms with Crippen LogP contribution in [0.15, 0.2) is 71.3 Å². The average molecular weight is 444 g/mol. The zero-order valence-electron chi connectivity index (χ0n) is 18.1. The fraction of sp³-hybridized carbons (Fsp3) is 0.154. The molecule has 0 unspecified atom stereocenters. The summed E-state index contributed by atoms with van der Waals surface area (Å²) in [6.07, 6.45) is 1.46. The molecule has 168 valence electrons. The molecule has 7 nitrogen and oxygen atoms in total. The first kappa shape index (κ1) is 22.1. The van der Waals surface area contributed by atoms with Crippen molar-refractivity contribution < 1.29 is 23.8 Å². The fourth-order valence-corrected chi connectivity index (χ4v) is 3.75. The molecule has 33 heavy (non-hydrogen) atoms. The minimum atomic E-state index is -0.964. The smallest absolute Gasteiger partial charge is 0.307 e. The number of nitrogens with one attached hydrogen (secondary N) is 1. The van der Waals surface area contributed by atoms with Crippen LogP contribution in [0.3, 0.4) is 0 Å². The second kappa shape index (κ2) is 9.58. The molecule has 0 saturated carbocycles. The molecule has 0 spiro atoms. The Morgan fingerprint density at radius 2 is 1.91 bits per heavy atom. The minimum Gasteiger partial charge on any atom is -0.489 e. The highest BCUT2D eigenvalue weighted by molar-refractivity contribution is 5.93. The lowest BCUT2D eigenvalue weighted by Crippen LogP contribution is -2.08. The largest absolute Gasteiger partial charge is 0.489 e. The van der Waals surface area contributed by atoms with Crippen molar-refractivity contribution in [3.05, 3.63) is 83.6 Å². The van der Waals surface area contributed by atoms with E-state index in [0.717, 1.165) is 33.2 Å². The summed E-state index contributed by atoms with van der Waals surface area (Å²) in [6, 6.07) is 18.8. The van der Waals surface area contributed by atoms with Crippen LogP contribution in [0.5, 0.6) is 5.75 Å². The lowest BCUT2D eigenvalue weighted by Gasteiger charge is -2.14. The van der Waals surface area contributed by atoms with Gasteiger partial charge in [-0.2, -0.15) is 0 Å². The maximum Gasteiger partial charge on any atom is 0.307 e. The Morgan fingerprint density at radius 1 is 1.06 bits per heavy atom. The predicted octanol–water partition coefficient (Wildman–Crippen LogP) is 4.72. The third-order valence-corrected chi connectivity index (χ3v) is 5.21. The summed E-state index contributed by atoms with van der Waals surface area (Å²) >= 11 is 0. The van der Waals surface area contributed by atoms with Crippen LogP contribution in [0, 0.1) is 0 Å². The molecule has 0 bridgehead atoms. The van der Waals surface area contributed by atoms with E-state index < -0.39 is 5.97 Å². The molecule has 1 aromatic heterocycles. The van der Waals surface area contributed by atoms with E-state index >= 15 is 0 Å². The molecule has 7 heteroatoms. The van der Waals surface area contributed by atoms with Crippen LogP contribution in [0.4, 0.5) is 5.69 Å². The molecule has 1 amide bonds. The number of nitrogens with two attached hydrogens (primary N) is 1. The summed E-state index contributed by atoms with van der Waals surface area (Å²) < 4.78 is 11.8. The van der Waals surface area contributed by atoms with Gasteiger partial charge in [-0.1, -0.05) is 24.3 Å². The highest BCUT2D eigenvalue weighted by Crippen LogP contribution is 2.32. The van der Waals surface area contributed by atoms with Crippen molar-refractivity contribution in [1.82, 2.24) is 0 Å². The van der Waals surface area contributed by atoms with E-state index in [1.54, 1.807) is 24.5 Å². The summed E-state index contributed by atoms with van der Waals surface area (Å²) in [4.78, 5) is 22.7. The Hall–Kier alpha value is -4.10. The Bertz CT molecular complexity index is 1330. The molecule has 4 aromatic rings. The average Bonchev–Trinajstić information content (AvgIpc) is 3.26. The topological polar surface area (TPSA) is 115 Å². The van der Waals surface area contributed by atoms with Crippen molar-refractivity contribution >= 4 is 28.5 Å². The van der Waals surface area contributed by atoms with E-state index in [4.69, 9.17) is 14.9 Å². The number of ether oxygens (including phenoxy) is 1. The summed E-state index contributed by atoms with van der Waals surface area (Å²) in [5.41, 5.74) is 11.5. The highest BCUT2D eigenvalue weighted by Gasteiger charge is 2.13. The summed E-state index contributed by atoms with van der Waals surface area (Å²) in [7, 11) is 0. The van der Waals surface area contributed by atoms with Crippen LogP contribution in [0.2, 0.25) is 0 Å². The van der Waals surface area contributed by atoms with Gasteiger partial charge in [-0.3, -0.25) is 9.59 Å². The SMILES string of the molecule is CC(=O)Nc1ccc(CC(=O)O)c(OCc2cc(-c3cccc(CN)c3)c3occc3c2)c1. The normalized spacial score (nSPS) is 10.8. The van der Waals surface area contributed by atoms with Crippen LogP contribution in [0.25, 0.3) is 22.1 Å².